The van der Waals surface area contributed by atoms with E-state index in [9.17, 15) is 44.0 Å². The van der Waals surface area contributed by atoms with Gasteiger partial charge in [0.05, 0.1) is 34.8 Å². The molecule has 2 bridgehead atoms. The largest absolute Gasteiger partial charge is 0.501 e. The van der Waals surface area contributed by atoms with Crippen LogP contribution in [0.1, 0.15) is 55.3 Å². The smallest absolute Gasteiger partial charge is 0.496 e. The van der Waals surface area contributed by atoms with Gasteiger partial charge >= 0.3 is 5.51 Å². The SMILES string of the molecule is COc1cc(F)c(OC2CCC(S(N)(=O)=O)CC2)cc1C(=O)NC1C2CCC(C2)C1C(=O)Nc1cccc(S(=O)(=O)C(F)(F)F)c1. The second-order valence-corrected chi connectivity index (χ2v) is 15.7. The Kier molecular flexibility index (Phi) is 9.31. The number of rotatable bonds is 9. The van der Waals surface area contributed by atoms with Crippen molar-refractivity contribution in [3.8, 4) is 11.5 Å². The summed E-state index contributed by atoms with van der Waals surface area (Å²) in [6.07, 6.45) is 2.59. The van der Waals surface area contributed by atoms with Crippen LogP contribution in [-0.2, 0) is 24.7 Å². The summed E-state index contributed by atoms with van der Waals surface area (Å²) in [5.41, 5.74) is -5.73. The van der Waals surface area contributed by atoms with Gasteiger partial charge in [-0.3, -0.25) is 9.59 Å². The predicted molar refractivity (Wildman–Crippen MR) is 157 cm³/mol. The minimum atomic E-state index is -5.64. The van der Waals surface area contributed by atoms with Crippen LogP contribution in [0.15, 0.2) is 41.3 Å². The number of ether oxygens (including phenoxy) is 2. The standard InChI is InChI=1S/C29H33F4N3O8S2/c1-43-23-14-22(30)24(44-18-7-9-19(10-8-18)46(34,41)42)13-21(23)27(37)36-26-16-6-5-15(11-16)25(26)28(38)35-17-3-2-4-20(12-17)45(39,40)29(31,32)33/h2-4,12-16,18-19,25-26H,5-11H2,1H3,(H,35,38)(H,36,37)(H2,34,41,42). The van der Waals surface area contributed by atoms with Crippen LogP contribution in [0.5, 0.6) is 11.5 Å². The Morgan fingerprint density at radius 3 is 2.24 bits per heavy atom. The molecule has 2 aromatic rings. The molecule has 0 heterocycles. The van der Waals surface area contributed by atoms with Crippen molar-refractivity contribution in [2.45, 2.75) is 72.7 Å². The lowest BCUT2D eigenvalue weighted by molar-refractivity contribution is -0.122. The van der Waals surface area contributed by atoms with E-state index in [1.54, 1.807) is 0 Å². The summed E-state index contributed by atoms with van der Waals surface area (Å²) < 4.78 is 112. The molecular weight excluding hydrogens is 658 g/mol. The molecule has 2 amide bonds. The number of halogens is 4. The first-order valence-electron chi connectivity index (χ1n) is 14.6. The van der Waals surface area contributed by atoms with Crippen LogP contribution in [0.25, 0.3) is 0 Å². The molecule has 5 rings (SSSR count). The molecule has 3 fully saturated rings. The van der Waals surface area contributed by atoms with Gasteiger partial charge in [0.25, 0.3) is 15.7 Å². The lowest BCUT2D eigenvalue weighted by Gasteiger charge is -2.31. The molecule has 4 atom stereocenters. The Labute approximate surface area is 263 Å². The third-order valence-corrected chi connectivity index (χ3v) is 12.0. The average Bonchev–Trinajstić information content (AvgIpc) is 3.59. The summed E-state index contributed by atoms with van der Waals surface area (Å²) in [6.45, 7) is 0. The molecule has 4 unspecified atom stereocenters. The summed E-state index contributed by atoms with van der Waals surface area (Å²) in [6, 6.07) is 5.36. The number of fused-ring (bicyclic) bond motifs is 2. The van der Waals surface area contributed by atoms with Crippen molar-refractivity contribution >= 4 is 37.4 Å². The minimum absolute atomic E-state index is 0.0656. The normalized spacial score (nSPS) is 26.4. The lowest BCUT2D eigenvalue weighted by atomic mass is 9.83. The van der Waals surface area contributed by atoms with E-state index in [1.165, 1.54) is 19.2 Å². The van der Waals surface area contributed by atoms with Crippen molar-refractivity contribution in [2.75, 3.05) is 12.4 Å². The van der Waals surface area contributed by atoms with Gasteiger partial charge in [-0.2, -0.15) is 13.2 Å². The second kappa shape index (κ2) is 12.6. The Bertz CT molecular complexity index is 1730. The van der Waals surface area contributed by atoms with E-state index in [1.807, 2.05) is 0 Å². The van der Waals surface area contributed by atoms with Gasteiger partial charge in [-0.1, -0.05) is 6.07 Å². The molecule has 0 aliphatic heterocycles. The molecule has 3 aliphatic carbocycles. The number of sulfonamides is 1. The number of nitrogens with two attached hydrogens (primary N) is 1. The molecule has 46 heavy (non-hydrogen) atoms. The first-order valence-corrected chi connectivity index (χ1v) is 17.7. The van der Waals surface area contributed by atoms with Gasteiger partial charge in [-0.15, -0.1) is 0 Å². The molecule has 3 aliphatic rings. The molecule has 0 radical (unpaired) electrons. The van der Waals surface area contributed by atoms with Gasteiger partial charge in [0.1, 0.15) is 5.75 Å². The number of hydrogen-bond donors (Lipinski definition) is 3. The molecule has 252 valence electrons. The molecule has 0 aromatic heterocycles. The minimum Gasteiger partial charge on any atom is -0.496 e. The number of carbonyl (C=O) groups is 2. The fourth-order valence-corrected chi connectivity index (χ4v) is 8.57. The maximum atomic E-state index is 15.0. The number of nitrogens with one attached hydrogen (secondary N) is 2. The fraction of sp³-hybridized carbons (Fsp3) is 0.517. The number of amides is 2. The van der Waals surface area contributed by atoms with Crippen molar-refractivity contribution < 1.29 is 53.5 Å². The number of alkyl halides is 3. The Morgan fingerprint density at radius 2 is 1.61 bits per heavy atom. The van der Waals surface area contributed by atoms with Gasteiger partial charge in [0.2, 0.25) is 15.9 Å². The van der Waals surface area contributed by atoms with Crippen LogP contribution in [0, 0.1) is 23.6 Å². The third kappa shape index (κ3) is 6.81. The van der Waals surface area contributed by atoms with Crippen LogP contribution < -0.4 is 25.2 Å². The van der Waals surface area contributed by atoms with E-state index in [4.69, 9.17) is 14.6 Å². The van der Waals surface area contributed by atoms with E-state index in [0.29, 0.717) is 25.7 Å². The van der Waals surface area contributed by atoms with Crippen LogP contribution in [-0.4, -0.2) is 58.7 Å². The van der Waals surface area contributed by atoms with E-state index >= 15 is 0 Å². The quantitative estimate of drug-likeness (QED) is 0.333. The van der Waals surface area contributed by atoms with Crippen LogP contribution in [0.3, 0.4) is 0 Å². The molecule has 2 aromatic carbocycles. The maximum absolute atomic E-state index is 15.0. The van der Waals surface area contributed by atoms with E-state index in [2.05, 4.69) is 10.6 Å². The number of primary sulfonamides is 1. The van der Waals surface area contributed by atoms with Crippen molar-refractivity contribution in [2.24, 2.45) is 22.9 Å². The Morgan fingerprint density at radius 1 is 0.935 bits per heavy atom. The van der Waals surface area contributed by atoms with Gasteiger partial charge < -0.3 is 20.1 Å². The number of methoxy groups -OCH3 is 1. The van der Waals surface area contributed by atoms with Crippen molar-refractivity contribution in [3.05, 3.63) is 47.8 Å². The van der Waals surface area contributed by atoms with E-state index in [0.717, 1.165) is 30.7 Å². The summed E-state index contributed by atoms with van der Waals surface area (Å²) in [5, 5.41) is 9.90. The topological polar surface area (TPSA) is 171 Å². The predicted octanol–water partition coefficient (Wildman–Crippen LogP) is 3.89. The molecule has 0 saturated heterocycles. The maximum Gasteiger partial charge on any atom is 0.501 e. The highest BCUT2D eigenvalue weighted by atomic mass is 32.2. The van der Waals surface area contributed by atoms with E-state index in [-0.39, 0.29) is 47.4 Å². The number of carbonyl (C=O) groups excluding carboxylic acids is 2. The first kappa shape index (κ1) is 33.9. The zero-order chi connectivity index (χ0) is 33.6. The Balaban J connectivity index is 1.32. The molecular formula is C29H33F4N3O8S2. The lowest BCUT2D eigenvalue weighted by Crippen LogP contribution is -2.48. The highest BCUT2D eigenvalue weighted by molar-refractivity contribution is 7.92. The zero-order valence-electron chi connectivity index (χ0n) is 24.5. The highest BCUT2D eigenvalue weighted by Crippen LogP contribution is 2.49. The molecule has 17 heteroatoms. The van der Waals surface area contributed by atoms with Crippen LogP contribution in [0.2, 0.25) is 0 Å². The molecule has 11 nitrogen and oxygen atoms in total. The summed E-state index contributed by atoms with van der Waals surface area (Å²) >= 11 is 0. The number of anilines is 1. The zero-order valence-corrected chi connectivity index (χ0v) is 26.2. The first-order chi connectivity index (χ1) is 21.5. The van der Waals surface area contributed by atoms with Crippen molar-refractivity contribution in [3.63, 3.8) is 0 Å². The third-order valence-electron chi connectivity index (χ3n) is 9.11. The Hall–Kier alpha value is -3.44. The molecule has 0 spiro atoms. The summed E-state index contributed by atoms with van der Waals surface area (Å²) in [7, 11) is -8.09. The van der Waals surface area contributed by atoms with Crippen molar-refractivity contribution in [1.29, 1.82) is 0 Å². The van der Waals surface area contributed by atoms with Gasteiger partial charge in [-0.05, 0) is 81.0 Å². The summed E-state index contributed by atoms with van der Waals surface area (Å²) in [5.74, 6) is -3.39. The van der Waals surface area contributed by atoms with Crippen molar-refractivity contribution in [1.82, 2.24) is 5.32 Å². The number of sulfone groups is 1. The fourth-order valence-electron chi connectivity index (χ4n) is 6.84. The van der Waals surface area contributed by atoms with E-state index < -0.39 is 71.2 Å². The summed E-state index contributed by atoms with van der Waals surface area (Å²) in [4.78, 5) is 26.0. The number of hydrogen-bond acceptors (Lipinski definition) is 8. The second-order valence-electron chi connectivity index (χ2n) is 11.9. The van der Waals surface area contributed by atoms with Gasteiger partial charge in [0.15, 0.2) is 11.6 Å². The van der Waals surface area contributed by atoms with Gasteiger partial charge in [0, 0.05) is 17.8 Å². The van der Waals surface area contributed by atoms with Gasteiger partial charge in [-0.25, -0.2) is 26.4 Å². The van der Waals surface area contributed by atoms with Crippen LogP contribution >= 0.6 is 0 Å². The van der Waals surface area contributed by atoms with Crippen LogP contribution in [0.4, 0.5) is 23.2 Å². The molecule has 4 N–H and O–H groups in total. The molecule has 3 saturated carbocycles. The highest BCUT2D eigenvalue weighted by Gasteiger charge is 2.52. The average molecular weight is 692 g/mol. The number of benzene rings is 2. The monoisotopic (exact) mass is 691 g/mol.